The Kier molecular flexibility index (Phi) is 4.50. The molecule has 1 aliphatic heterocycles. The van der Waals surface area contributed by atoms with Crippen LogP contribution in [0.4, 0.5) is 0 Å². The van der Waals surface area contributed by atoms with E-state index in [9.17, 15) is 8.42 Å². The van der Waals surface area contributed by atoms with Gasteiger partial charge in [0.1, 0.15) is 10.6 Å². The summed E-state index contributed by atoms with van der Waals surface area (Å²) in [6.07, 6.45) is 1.65. The number of nitrogens with two attached hydrogens (primary N) is 1. The van der Waals surface area contributed by atoms with Crippen LogP contribution in [0.1, 0.15) is 12.8 Å². The van der Waals surface area contributed by atoms with Crippen LogP contribution in [-0.2, 0) is 10.0 Å². The van der Waals surface area contributed by atoms with Gasteiger partial charge in [0.2, 0.25) is 10.0 Å². The number of benzene rings is 1. The first-order valence-corrected chi connectivity index (χ1v) is 8.27. The van der Waals surface area contributed by atoms with Crippen LogP contribution in [0, 0.1) is 0 Å². The van der Waals surface area contributed by atoms with Crippen LogP contribution in [0.2, 0.25) is 0 Å². The first-order chi connectivity index (χ1) is 8.95. The van der Waals surface area contributed by atoms with Crippen molar-refractivity contribution in [1.82, 2.24) is 4.31 Å². The molecule has 1 atom stereocenters. The number of sulfonamides is 1. The molecule has 19 heavy (non-hydrogen) atoms. The minimum Gasteiger partial charge on any atom is -0.495 e. The van der Waals surface area contributed by atoms with Crippen LogP contribution in [0.25, 0.3) is 0 Å². The number of nitrogens with zero attached hydrogens (tertiary/aromatic N) is 1. The van der Waals surface area contributed by atoms with Gasteiger partial charge in [-0.05, 0) is 31.0 Å². The molecule has 1 aromatic rings. The molecule has 0 radical (unpaired) electrons. The maximum atomic E-state index is 12.6. The molecule has 5 nitrogen and oxygen atoms in total. The summed E-state index contributed by atoms with van der Waals surface area (Å²) in [6, 6.07) is 4.86. The van der Waals surface area contributed by atoms with Crippen LogP contribution >= 0.6 is 15.9 Å². The number of rotatable bonds is 3. The molecule has 0 spiro atoms. The Bertz CT molecular complexity index is 562. The molecule has 0 bridgehead atoms. The third kappa shape index (κ3) is 3.10. The molecular weight excluding hydrogens is 332 g/mol. The lowest BCUT2D eigenvalue weighted by molar-refractivity contribution is 0.314. The summed E-state index contributed by atoms with van der Waals surface area (Å²) < 4.78 is 32.6. The quantitative estimate of drug-likeness (QED) is 0.899. The molecule has 0 amide bonds. The molecule has 0 saturated carbocycles. The zero-order valence-electron chi connectivity index (χ0n) is 10.7. The van der Waals surface area contributed by atoms with Gasteiger partial charge in [-0.15, -0.1) is 0 Å². The molecule has 1 saturated heterocycles. The van der Waals surface area contributed by atoms with E-state index in [0.29, 0.717) is 23.3 Å². The van der Waals surface area contributed by atoms with Gasteiger partial charge in [0, 0.05) is 23.6 Å². The molecule has 1 aliphatic rings. The van der Waals surface area contributed by atoms with E-state index in [0.717, 1.165) is 12.8 Å². The number of methoxy groups -OCH3 is 1. The predicted molar refractivity (Wildman–Crippen MR) is 76.7 cm³/mol. The largest absolute Gasteiger partial charge is 0.495 e. The second-order valence-corrected chi connectivity index (χ2v) is 7.38. The van der Waals surface area contributed by atoms with Crippen LogP contribution in [0.15, 0.2) is 27.6 Å². The number of piperidine rings is 1. The molecule has 2 rings (SSSR count). The van der Waals surface area contributed by atoms with E-state index in [1.165, 1.54) is 11.4 Å². The molecule has 7 heteroatoms. The van der Waals surface area contributed by atoms with Crippen molar-refractivity contribution < 1.29 is 13.2 Å². The third-order valence-corrected chi connectivity index (χ3v) is 5.54. The molecule has 1 unspecified atom stereocenters. The lowest BCUT2D eigenvalue weighted by Gasteiger charge is -2.30. The van der Waals surface area contributed by atoms with E-state index in [2.05, 4.69) is 15.9 Å². The second kappa shape index (κ2) is 5.78. The average molecular weight is 349 g/mol. The summed E-state index contributed by atoms with van der Waals surface area (Å²) in [5, 5.41) is 0. The maximum Gasteiger partial charge on any atom is 0.246 e. The van der Waals surface area contributed by atoms with Gasteiger partial charge in [-0.1, -0.05) is 15.9 Å². The molecule has 106 valence electrons. The SMILES string of the molecule is COc1ccc(Br)cc1S(=O)(=O)N1CCCC(N)C1. The van der Waals surface area contributed by atoms with E-state index in [-0.39, 0.29) is 10.9 Å². The van der Waals surface area contributed by atoms with E-state index >= 15 is 0 Å². The first-order valence-electron chi connectivity index (χ1n) is 6.04. The van der Waals surface area contributed by atoms with Crippen LogP contribution in [0.5, 0.6) is 5.75 Å². The van der Waals surface area contributed by atoms with Gasteiger partial charge < -0.3 is 10.5 Å². The fraction of sp³-hybridized carbons (Fsp3) is 0.500. The summed E-state index contributed by atoms with van der Waals surface area (Å²) >= 11 is 3.29. The minimum absolute atomic E-state index is 0.0957. The molecular formula is C12H17BrN2O3S. The van der Waals surface area contributed by atoms with Gasteiger partial charge in [0.15, 0.2) is 0 Å². The van der Waals surface area contributed by atoms with Gasteiger partial charge in [-0.3, -0.25) is 0 Å². The monoisotopic (exact) mass is 348 g/mol. The van der Waals surface area contributed by atoms with Crippen molar-refractivity contribution in [2.24, 2.45) is 5.73 Å². The Hall–Kier alpha value is -0.630. The fourth-order valence-electron chi connectivity index (χ4n) is 2.18. The summed E-state index contributed by atoms with van der Waals surface area (Å²) in [5.41, 5.74) is 5.85. The van der Waals surface area contributed by atoms with Crippen molar-refractivity contribution in [3.8, 4) is 5.75 Å². The Morgan fingerprint density at radius 1 is 1.47 bits per heavy atom. The molecule has 0 aromatic heterocycles. The predicted octanol–water partition coefficient (Wildman–Crippen LogP) is 1.57. The van der Waals surface area contributed by atoms with Crippen molar-refractivity contribution in [2.75, 3.05) is 20.2 Å². The van der Waals surface area contributed by atoms with Gasteiger partial charge in [0.25, 0.3) is 0 Å². The zero-order valence-corrected chi connectivity index (χ0v) is 13.1. The number of ether oxygens (including phenoxy) is 1. The fourth-order valence-corrected chi connectivity index (χ4v) is 4.41. The molecule has 1 aromatic carbocycles. The Balaban J connectivity index is 2.41. The zero-order chi connectivity index (χ0) is 14.0. The lowest BCUT2D eigenvalue weighted by Crippen LogP contribution is -2.45. The van der Waals surface area contributed by atoms with Gasteiger partial charge in [-0.2, -0.15) is 4.31 Å². The Morgan fingerprint density at radius 2 is 2.21 bits per heavy atom. The summed E-state index contributed by atoms with van der Waals surface area (Å²) in [6.45, 7) is 0.865. The topological polar surface area (TPSA) is 72.6 Å². The summed E-state index contributed by atoms with van der Waals surface area (Å²) in [7, 11) is -2.10. The molecule has 0 aliphatic carbocycles. The van der Waals surface area contributed by atoms with Crippen LogP contribution in [0.3, 0.4) is 0 Å². The van der Waals surface area contributed by atoms with E-state index in [1.807, 2.05) is 0 Å². The maximum absolute atomic E-state index is 12.6. The van der Waals surface area contributed by atoms with Crippen LogP contribution in [-0.4, -0.2) is 39.0 Å². The highest BCUT2D eigenvalue weighted by molar-refractivity contribution is 9.10. The first kappa shape index (κ1) is 14.8. The molecule has 1 heterocycles. The standard InChI is InChI=1S/C12H17BrN2O3S/c1-18-11-5-4-9(13)7-12(11)19(16,17)15-6-2-3-10(14)8-15/h4-5,7,10H,2-3,6,8,14H2,1H3. The van der Waals surface area contributed by atoms with Crippen molar-refractivity contribution in [2.45, 2.75) is 23.8 Å². The molecule has 2 N–H and O–H groups in total. The average Bonchev–Trinajstić information content (AvgIpc) is 2.38. The number of hydrogen-bond donors (Lipinski definition) is 1. The smallest absolute Gasteiger partial charge is 0.246 e. The second-order valence-electron chi connectivity index (χ2n) is 4.56. The van der Waals surface area contributed by atoms with Gasteiger partial charge in [-0.25, -0.2) is 8.42 Å². The van der Waals surface area contributed by atoms with Gasteiger partial charge in [0.05, 0.1) is 7.11 Å². The normalized spacial score (nSPS) is 21.3. The van der Waals surface area contributed by atoms with Crippen LogP contribution < -0.4 is 10.5 Å². The van der Waals surface area contributed by atoms with Crippen molar-refractivity contribution >= 4 is 26.0 Å². The van der Waals surface area contributed by atoms with Crippen molar-refractivity contribution in [1.29, 1.82) is 0 Å². The summed E-state index contributed by atoms with van der Waals surface area (Å²) in [5.74, 6) is 0.349. The number of halogens is 1. The van der Waals surface area contributed by atoms with Crippen molar-refractivity contribution in [3.63, 3.8) is 0 Å². The minimum atomic E-state index is -3.56. The van der Waals surface area contributed by atoms with E-state index < -0.39 is 10.0 Å². The molecule has 1 fully saturated rings. The van der Waals surface area contributed by atoms with Crippen molar-refractivity contribution in [3.05, 3.63) is 22.7 Å². The highest BCUT2D eigenvalue weighted by Gasteiger charge is 2.31. The third-order valence-electron chi connectivity index (χ3n) is 3.16. The number of hydrogen-bond acceptors (Lipinski definition) is 4. The highest BCUT2D eigenvalue weighted by Crippen LogP contribution is 2.30. The lowest BCUT2D eigenvalue weighted by atomic mass is 10.1. The summed E-state index contributed by atoms with van der Waals surface area (Å²) in [4.78, 5) is 0.179. The van der Waals surface area contributed by atoms with E-state index in [4.69, 9.17) is 10.5 Å². The Morgan fingerprint density at radius 3 is 2.84 bits per heavy atom. The Labute approximate surface area is 121 Å². The highest BCUT2D eigenvalue weighted by atomic mass is 79.9. The van der Waals surface area contributed by atoms with Gasteiger partial charge >= 0.3 is 0 Å². The van der Waals surface area contributed by atoms with E-state index in [1.54, 1.807) is 18.2 Å².